The van der Waals surface area contributed by atoms with E-state index >= 15 is 0 Å². The summed E-state index contributed by atoms with van der Waals surface area (Å²) >= 11 is 3.00. The fourth-order valence-corrected chi connectivity index (χ4v) is 6.60. The van der Waals surface area contributed by atoms with Crippen molar-refractivity contribution < 1.29 is 34.6 Å². The Morgan fingerprint density at radius 3 is 2.25 bits per heavy atom. The number of phenols is 2. The van der Waals surface area contributed by atoms with Gasteiger partial charge in [0, 0.05) is 36.0 Å². The molecule has 0 aliphatic carbocycles. The SMILES string of the molecule is CCN(CC)CC.O=C([O-])CC[n+]1c(C=CC=CC=CC=C2Sc3ccc(O)cc3N2CCC(=O)O)sc2ccc(O)cc21. The summed E-state index contributed by atoms with van der Waals surface area (Å²) in [5.41, 5.74) is 1.55. The summed E-state index contributed by atoms with van der Waals surface area (Å²) in [6, 6.07) is 10.1. The molecule has 4 rings (SSSR count). The number of carboxylic acid groups (broad SMARTS) is 2. The van der Waals surface area contributed by atoms with Crippen LogP contribution in [0.25, 0.3) is 16.3 Å². The highest BCUT2D eigenvalue weighted by atomic mass is 32.2. The fraction of sp³-hybridized carbons (Fsp3) is 0.303. The van der Waals surface area contributed by atoms with Crippen LogP contribution in [0.2, 0.25) is 0 Å². The zero-order valence-electron chi connectivity index (χ0n) is 25.2. The Kier molecular flexibility index (Phi) is 13.5. The van der Waals surface area contributed by atoms with Crippen molar-refractivity contribution in [1.82, 2.24) is 4.90 Å². The quantitative estimate of drug-likeness (QED) is 0.172. The van der Waals surface area contributed by atoms with Crippen molar-refractivity contribution in [2.75, 3.05) is 31.1 Å². The number of hydrogen-bond donors (Lipinski definition) is 3. The highest BCUT2D eigenvalue weighted by Crippen LogP contribution is 2.47. The van der Waals surface area contributed by atoms with Gasteiger partial charge in [0.2, 0.25) is 5.52 Å². The summed E-state index contributed by atoms with van der Waals surface area (Å²) in [5, 5.41) is 41.4. The number of carboxylic acids is 2. The van der Waals surface area contributed by atoms with Gasteiger partial charge in [-0.05, 0) is 50.0 Å². The number of hydrogen-bond acceptors (Lipinski definition) is 9. The number of thioether (sulfide) groups is 1. The van der Waals surface area contributed by atoms with Crippen LogP contribution in [0, 0.1) is 0 Å². The maximum absolute atomic E-state index is 11.1. The molecule has 0 saturated heterocycles. The number of fused-ring (bicyclic) bond motifs is 2. The fourth-order valence-electron chi connectivity index (χ4n) is 4.44. The van der Waals surface area contributed by atoms with Gasteiger partial charge in [-0.2, -0.15) is 4.57 Å². The Morgan fingerprint density at radius 2 is 1.59 bits per heavy atom. The van der Waals surface area contributed by atoms with Crippen molar-refractivity contribution in [3.05, 3.63) is 82.9 Å². The average Bonchev–Trinajstić information content (AvgIpc) is 3.51. The summed E-state index contributed by atoms with van der Waals surface area (Å²) in [6.07, 6.45) is 12.9. The van der Waals surface area contributed by atoms with E-state index in [0.717, 1.165) is 30.8 Å². The highest BCUT2D eigenvalue weighted by Gasteiger charge is 2.25. The molecule has 9 nitrogen and oxygen atoms in total. The predicted molar refractivity (Wildman–Crippen MR) is 176 cm³/mol. The molecule has 11 heteroatoms. The molecule has 2 heterocycles. The number of carbonyl (C=O) groups is 2. The lowest BCUT2D eigenvalue weighted by Crippen LogP contribution is -2.38. The lowest BCUT2D eigenvalue weighted by molar-refractivity contribution is -0.668. The lowest BCUT2D eigenvalue weighted by atomic mass is 10.2. The van der Waals surface area contributed by atoms with Crippen LogP contribution in [0.5, 0.6) is 11.5 Å². The van der Waals surface area contributed by atoms with Gasteiger partial charge >= 0.3 is 5.97 Å². The molecule has 0 atom stereocenters. The van der Waals surface area contributed by atoms with Crippen LogP contribution >= 0.6 is 23.1 Å². The molecule has 0 fully saturated rings. The van der Waals surface area contributed by atoms with Crippen molar-refractivity contribution in [3.63, 3.8) is 0 Å². The summed E-state index contributed by atoms with van der Waals surface area (Å²) < 4.78 is 2.78. The number of carbonyl (C=O) groups excluding carboxylic acids is 1. The van der Waals surface area contributed by atoms with Crippen LogP contribution < -0.4 is 14.6 Å². The standard InChI is InChI=1S/C27H24N2O6S2.C6H15N/c30-18-8-10-22-20(16-18)28(14-12-26(32)33)24(36-22)6-4-2-1-3-5-7-25-29(15-13-27(34)35)21-17-19(31)9-11-23(21)37-25;1-4-7(5-2)6-3/h1-11,16-17H,12-15H2,(H3-,30,31,32,33,34,35);4-6H2,1-3H3. The number of benzene rings is 2. The van der Waals surface area contributed by atoms with Crippen molar-refractivity contribution in [2.45, 2.75) is 45.1 Å². The molecule has 1 aliphatic rings. The number of aliphatic carboxylic acids is 2. The summed E-state index contributed by atoms with van der Waals surface area (Å²) in [7, 11) is 0. The first-order chi connectivity index (χ1) is 21.2. The van der Waals surface area contributed by atoms with Crippen LogP contribution in [0.15, 0.2) is 82.8 Å². The topological polar surface area (TPSA) is 128 Å². The van der Waals surface area contributed by atoms with Crippen molar-refractivity contribution in [3.8, 4) is 11.5 Å². The number of anilines is 1. The number of thiazole rings is 1. The molecule has 0 unspecified atom stereocenters. The first-order valence-electron chi connectivity index (χ1n) is 14.5. The van der Waals surface area contributed by atoms with Gasteiger partial charge in [-0.25, -0.2) is 0 Å². The summed E-state index contributed by atoms with van der Waals surface area (Å²) in [4.78, 5) is 27.3. The summed E-state index contributed by atoms with van der Waals surface area (Å²) in [6.45, 7) is 10.7. The smallest absolute Gasteiger partial charge is 0.305 e. The van der Waals surface area contributed by atoms with Crippen LogP contribution in [0.3, 0.4) is 0 Å². The van der Waals surface area contributed by atoms with Gasteiger partial charge < -0.3 is 35.0 Å². The number of aromatic hydroxyl groups is 2. The minimum Gasteiger partial charge on any atom is -0.550 e. The van der Waals surface area contributed by atoms with Gasteiger partial charge in [0.15, 0.2) is 6.54 Å². The van der Waals surface area contributed by atoms with E-state index in [9.17, 15) is 24.9 Å². The number of allylic oxidation sites excluding steroid dienone is 6. The van der Waals surface area contributed by atoms with E-state index in [-0.39, 0.29) is 30.9 Å². The molecule has 234 valence electrons. The second kappa shape index (κ2) is 17.3. The number of aromatic nitrogens is 1. The lowest BCUT2D eigenvalue weighted by Gasteiger charge is -2.19. The molecule has 3 aromatic rings. The van der Waals surface area contributed by atoms with Gasteiger partial charge in [-0.3, -0.25) is 4.79 Å². The second-order valence-corrected chi connectivity index (χ2v) is 11.8. The van der Waals surface area contributed by atoms with Gasteiger partial charge in [-0.1, -0.05) is 74.2 Å². The highest BCUT2D eigenvalue weighted by molar-refractivity contribution is 8.03. The third kappa shape index (κ3) is 10.0. The first-order valence-corrected chi connectivity index (χ1v) is 16.1. The molecule has 3 N–H and O–H groups in total. The van der Waals surface area contributed by atoms with Gasteiger partial charge in [0.25, 0.3) is 5.01 Å². The molecule has 0 saturated carbocycles. The van der Waals surface area contributed by atoms with Crippen LogP contribution in [0.1, 0.15) is 38.6 Å². The Hall–Kier alpha value is -4.06. The minimum absolute atomic E-state index is 0.0261. The van der Waals surface area contributed by atoms with Gasteiger partial charge in [-0.15, -0.1) is 0 Å². The molecular weight excluding hydrogens is 599 g/mol. The monoisotopic (exact) mass is 637 g/mol. The normalized spacial score (nSPS) is 13.9. The van der Waals surface area contributed by atoms with E-state index in [4.69, 9.17) is 5.11 Å². The van der Waals surface area contributed by atoms with Crippen molar-refractivity contribution in [1.29, 1.82) is 0 Å². The molecule has 0 bridgehead atoms. The molecule has 2 aromatic carbocycles. The number of aryl methyl sites for hydroxylation is 1. The zero-order valence-corrected chi connectivity index (χ0v) is 26.8. The van der Waals surface area contributed by atoms with Gasteiger partial charge in [0.1, 0.15) is 16.2 Å². The maximum atomic E-state index is 11.1. The minimum atomic E-state index is -1.14. The zero-order chi connectivity index (χ0) is 32.1. The van der Waals surface area contributed by atoms with Gasteiger partial charge in [0.05, 0.1) is 23.2 Å². The second-order valence-electron chi connectivity index (χ2n) is 9.67. The number of nitrogens with zero attached hydrogens (tertiary/aromatic N) is 3. The Labute approximate surface area is 266 Å². The Balaban J connectivity index is 0.000000676. The van der Waals surface area contributed by atoms with E-state index in [1.807, 2.05) is 58.1 Å². The van der Waals surface area contributed by atoms with E-state index in [2.05, 4.69) is 25.7 Å². The van der Waals surface area contributed by atoms with Crippen LogP contribution in [-0.2, 0) is 16.1 Å². The van der Waals surface area contributed by atoms with Crippen molar-refractivity contribution in [2.24, 2.45) is 0 Å². The molecule has 0 spiro atoms. The maximum Gasteiger partial charge on any atom is 0.305 e. The molecular formula is C33H39N3O6S2. The van der Waals surface area contributed by atoms with Crippen LogP contribution in [-0.4, -0.2) is 58.3 Å². The molecule has 1 aromatic heterocycles. The van der Waals surface area contributed by atoms with E-state index < -0.39 is 11.9 Å². The van der Waals surface area contributed by atoms with E-state index in [1.165, 1.54) is 42.7 Å². The van der Waals surface area contributed by atoms with Crippen molar-refractivity contribution >= 4 is 57.0 Å². The average molecular weight is 638 g/mol. The number of rotatable bonds is 13. The Morgan fingerprint density at radius 1 is 0.932 bits per heavy atom. The van der Waals surface area contributed by atoms with Crippen LogP contribution in [0.4, 0.5) is 5.69 Å². The Bertz CT molecular complexity index is 1550. The molecule has 0 amide bonds. The predicted octanol–water partition coefficient (Wildman–Crippen LogP) is 5.14. The van der Waals surface area contributed by atoms with E-state index in [1.54, 1.807) is 30.3 Å². The van der Waals surface area contributed by atoms with E-state index in [0.29, 0.717) is 6.54 Å². The molecule has 1 aliphatic heterocycles. The third-order valence-corrected chi connectivity index (χ3v) is 9.04. The largest absolute Gasteiger partial charge is 0.550 e. The molecule has 44 heavy (non-hydrogen) atoms. The summed E-state index contributed by atoms with van der Waals surface area (Å²) in [5.74, 6) is -1.78. The first kappa shape index (κ1) is 34.4. The number of phenolic OH excluding ortho intramolecular Hbond substituents is 2. The third-order valence-electron chi connectivity index (χ3n) is 6.78. The molecule has 0 radical (unpaired) electrons.